The average molecular weight is 245 g/mol. The molecule has 5 rings (SSSR count). The minimum atomic E-state index is 0.371. The highest BCUT2D eigenvalue weighted by atomic mass is 16.3. The van der Waals surface area contributed by atoms with Crippen LogP contribution in [0.1, 0.15) is 43.6 Å². The standard InChI is InChI=1S/C16H23NO/c1-10-2-3-15(18-10)16-6-11-4-12(7-16)14(9-17)13(5-11)8-16/h2-3,11-14H,4-9,17H2,1H3. The number of hydrogen-bond acceptors (Lipinski definition) is 2. The molecular weight excluding hydrogens is 222 g/mol. The normalized spacial score (nSPS) is 45.7. The fourth-order valence-corrected chi connectivity index (χ4v) is 5.54. The van der Waals surface area contributed by atoms with Gasteiger partial charge in [-0.25, -0.2) is 0 Å². The van der Waals surface area contributed by atoms with E-state index in [0.29, 0.717) is 5.41 Å². The summed E-state index contributed by atoms with van der Waals surface area (Å²) < 4.78 is 6.01. The quantitative estimate of drug-likeness (QED) is 0.868. The van der Waals surface area contributed by atoms with Crippen LogP contribution in [0.25, 0.3) is 0 Å². The van der Waals surface area contributed by atoms with Crippen molar-refractivity contribution in [3.8, 4) is 0 Å². The molecule has 1 aromatic rings. The molecule has 4 aliphatic carbocycles. The predicted molar refractivity (Wildman–Crippen MR) is 71.2 cm³/mol. The van der Waals surface area contributed by atoms with Crippen molar-refractivity contribution in [3.63, 3.8) is 0 Å². The van der Waals surface area contributed by atoms with Gasteiger partial charge in [-0.1, -0.05) is 0 Å². The van der Waals surface area contributed by atoms with Gasteiger partial charge >= 0.3 is 0 Å². The van der Waals surface area contributed by atoms with Crippen molar-refractivity contribution in [3.05, 3.63) is 23.7 Å². The van der Waals surface area contributed by atoms with E-state index in [2.05, 4.69) is 19.1 Å². The van der Waals surface area contributed by atoms with Gasteiger partial charge in [0.1, 0.15) is 11.5 Å². The summed E-state index contributed by atoms with van der Waals surface area (Å²) in [5, 5.41) is 0. The lowest BCUT2D eigenvalue weighted by molar-refractivity contribution is -0.0600. The van der Waals surface area contributed by atoms with Gasteiger partial charge in [-0.2, -0.15) is 0 Å². The third-order valence-electron chi connectivity index (χ3n) is 6.00. The molecule has 0 aliphatic heterocycles. The van der Waals surface area contributed by atoms with Crippen LogP contribution in [0.4, 0.5) is 0 Å². The Bertz CT molecular complexity index is 447. The van der Waals surface area contributed by atoms with E-state index in [1.165, 1.54) is 37.9 Å². The van der Waals surface area contributed by atoms with E-state index >= 15 is 0 Å². The number of furan rings is 1. The van der Waals surface area contributed by atoms with Gasteiger partial charge in [-0.3, -0.25) is 0 Å². The maximum Gasteiger partial charge on any atom is 0.110 e. The summed E-state index contributed by atoms with van der Waals surface area (Å²) >= 11 is 0. The van der Waals surface area contributed by atoms with Crippen LogP contribution in [-0.2, 0) is 5.41 Å². The molecule has 4 saturated carbocycles. The van der Waals surface area contributed by atoms with Gasteiger partial charge in [0.25, 0.3) is 0 Å². The van der Waals surface area contributed by atoms with Crippen molar-refractivity contribution in [1.82, 2.24) is 0 Å². The van der Waals surface area contributed by atoms with E-state index in [1.807, 2.05) is 0 Å². The fourth-order valence-electron chi connectivity index (χ4n) is 5.54. The molecule has 4 bridgehead atoms. The summed E-state index contributed by atoms with van der Waals surface area (Å²) in [4.78, 5) is 0. The lowest BCUT2D eigenvalue weighted by atomic mass is 9.45. The second kappa shape index (κ2) is 3.63. The minimum Gasteiger partial charge on any atom is -0.466 e. The molecule has 1 heterocycles. The molecule has 0 spiro atoms. The largest absolute Gasteiger partial charge is 0.466 e. The maximum absolute atomic E-state index is 6.02. The molecule has 2 unspecified atom stereocenters. The van der Waals surface area contributed by atoms with Crippen LogP contribution in [-0.4, -0.2) is 6.54 Å². The van der Waals surface area contributed by atoms with Crippen molar-refractivity contribution in [2.24, 2.45) is 29.4 Å². The second-order valence-electron chi connectivity index (χ2n) is 7.06. The van der Waals surface area contributed by atoms with E-state index in [-0.39, 0.29) is 0 Å². The number of hydrogen-bond donors (Lipinski definition) is 1. The molecule has 18 heavy (non-hydrogen) atoms. The van der Waals surface area contributed by atoms with E-state index in [0.717, 1.165) is 36.0 Å². The first-order valence-corrected chi connectivity index (χ1v) is 7.47. The molecule has 0 radical (unpaired) electrons. The number of rotatable bonds is 2. The summed E-state index contributed by atoms with van der Waals surface area (Å²) in [5.41, 5.74) is 6.39. The predicted octanol–water partition coefficient (Wildman–Crippen LogP) is 3.24. The first-order chi connectivity index (χ1) is 8.70. The topological polar surface area (TPSA) is 39.2 Å². The molecule has 2 N–H and O–H groups in total. The zero-order valence-corrected chi connectivity index (χ0v) is 11.2. The van der Waals surface area contributed by atoms with Gasteiger partial charge in [-0.15, -0.1) is 0 Å². The Balaban J connectivity index is 1.72. The summed E-state index contributed by atoms with van der Waals surface area (Å²) in [6.07, 6.45) is 6.88. The smallest absolute Gasteiger partial charge is 0.110 e. The molecule has 0 aromatic carbocycles. The molecule has 2 nitrogen and oxygen atoms in total. The van der Waals surface area contributed by atoms with Crippen molar-refractivity contribution >= 4 is 0 Å². The summed E-state index contributed by atoms with van der Waals surface area (Å²) in [6.45, 7) is 2.96. The molecule has 4 aliphatic rings. The van der Waals surface area contributed by atoms with Gasteiger partial charge in [-0.05, 0) is 81.4 Å². The van der Waals surface area contributed by atoms with Gasteiger partial charge in [0.05, 0.1) is 0 Å². The first kappa shape index (κ1) is 11.1. The Hall–Kier alpha value is -0.760. The van der Waals surface area contributed by atoms with Gasteiger partial charge in [0.15, 0.2) is 0 Å². The zero-order chi connectivity index (χ0) is 12.3. The molecule has 1 aromatic heterocycles. The summed E-state index contributed by atoms with van der Waals surface area (Å²) in [6, 6.07) is 4.37. The van der Waals surface area contributed by atoms with E-state index < -0.39 is 0 Å². The van der Waals surface area contributed by atoms with E-state index in [9.17, 15) is 0 Å². The number of nitrogens with two attached hydrogens (primary N) is 1. The van der Waals surface area contributed by atoms with Crippen LogP contribution in [0.3, 0.4) is 0 Å². The molecule has 0 amide bonds. The van der Waals surface area contributed by atoms with Gasteiger partial charge in [0.2, 0.25) is 0 Å². The van der Waals surface area contributed by atoms with Crippen molar-refractivity contribution in [2.75, 3.05) is 6.54 Å². The highest BCUT2D eigenvalue weighted by Gasteiger charge is 2.56. The Morgan fingerprint density at radius 1 is 1.22 bits per heavy atom. The molecule has 2 heteroatoms. The lowest BCUT2D eigenvalue weighted by Crippen LogP contribution is -2.54. The third kappa shape index (κ3) is 1.38. The average Bonchev–Trinajstić information content (AvgIpc) is 2.76. The Morgan fingerprint density at radius 2 is 1.94 bits per heavy atom. The van der Waals surface area contributed by atoms with Crippen molar-refractivity contribution < 1.29 is 4.42 Å². The first-order valence-electron chi connectivity index (χ1n) is 7.47. The van der Waals surface area contributed by atoms with Crippen LogP contribution in [0.5, 0.6) is 0 Å². The Kier molecular flexibility index (Phi) is 2.24. The van der Waals surface area contributed by atoms with Crippen molar-refractivity contribution in [1.29, 1.82) is 0 Å². The second-order valence-corrected chi connectivity index (χ2v) is 7.06. The van der Waals surface area contributed by atoms with E-state index in [4.69, 9.17) is 10.2 Å². The molecule has 0 saturated heterocycles. The third-order valence-corrected chi connectivity index (χ3v) is 6.00. The van der Waals surface area contributed by atoms with Gasteiger partial charge < -0.3 is 10.2 Å². The van der Waals surface area contributed by atoms with Crippen LogP contribution in [0, 0.1) is 30.6 Å². The van der Waals surface area contributed by atoms with Crippen LogP contribution in [0.2, 0.25) is 0 Å². The van der Waals surface area contributed by atoms with Crippen LogP contribution < -0.4 is 5.73 Å². The van der Waals surface area contributed by atoms with Crippen molar-refractivity contribution in [2.45, 2.75) is 44.4 Å². The lowest BCUT2D eigenvalue weighted by Gasteiger charge is -2.59. The van der Waals surface area contributed by atoms with Crippen LogP contribution in [0.15, 0.2) is 16.5 Å². The molecule has 2 atom stereocenters. The minimum absolute atomic E-state index is 0.371. The molecule has 4 fully saturated rings. The SMILES string of the molecule is Cc1ccc(C23CC4CC(C2)C(CN)C(C4)C3)o1. The monoisotopic (exact) mass is 245 g/mol. The highest BCUT2D eigenvalue weighted by Crippen LogP contribution is 2.62. The van der Waals surface area contributed by atoms with E-state index in [1.54, 1.807) is 0 Å². The Morgan fingerprint density at radius 3 is 2.50 bits per heavy atom. The van der Waals surface area contributed by atoms with Gasteiger partial charge in [0, 0.05) is 5.41 Å². The molecular formula is C16H23NO. The maximum atomic E-state index is 6.02. The van der Waals surface area contributed by atoms with Crippen LogP contribution >= 0.6 is 0 Å². The zero-order valence-electron chi connectivity index (χ0n) is 11.2. The summed E-state index contributed by atoms with van der Waals surface area (Å²) in [5.74, 6) is 5.81. The highest BCUT2D eigenvalue weighted by molar-refractivity contribution is 5.23. The number of aryl methyl sites for hydroxylation is 1. The fraction of sp³-hybridized carbons (Fsp3) is 0.750. The Labute approximate surface area is 109 Å². The molecule has 98 valence electrons. The summed E-state index contributed by atoms with van der Waals surface area (Å²) in [7, 11) is 0.